The number of halogens is 2. The van der Waals surface area contributed by atoms with E-state index in [-0.39, 0.29) is 18.1 Å². The predicted molar refractivity (Wildman–Crippen MR) is 123 cm³/mol. The lowest BCUT2D eigenvalue weighted by Crippen LogP contribution is -2.52. The van der Waals surface area contributed by atoms with E-state index < -0.39 is 34.3 Å². The van der Waals surface area contributed by atoms with Crippen LogP contribution in [0.3, 0.4) is 0 Å². The molecule has 174 valence electrons. The largest absolute Gasteiger partial charge is 0.355 e. The summed E-state index contributed by atoms with van der Waals surface area (Å²) < 4.78 is 39.2. The van der Waals surface area contributed by atoms with E-state index in [1.807, 2.05) is 0 Å². The number of carbonyl (C=O) groups is 2. The van der Waals surface area contributed by atoms with Crippen molar-refractivity contribution in [3.8, 4) is 0 Å². The van der Waals surface area contributed by atoms with Crippen molar-refractivity contribution in [3.05, 3.63) is 64.9 Å². The third-order valence-corrected chi connectivity index (χ3v) is 6.15. The molecule has 0 fully saturated rings. The molecule has 0 aliphatic rings. The van der Waals surface area contributed by atoms with Crippen LogP contribution in [0.4, 0.5) is 10.1 Å². The minimum atomic E-state index is -3.83. The first kappa shape index (κ1) is 25.6. The van der Waals surface area contributed by atoms with E-state index in [2.05, 4.69) is 5.32 Å². The number of likely N-dealkylation sites (N-methyl/N-ethyl adjacent to an activating group) is 1. The Morgan fingerprint density at radius 1 is 1.12 bits per heavy atom. The van der Waals surface area contributed by atoms with Crippen molar-refractivity contribution in [2.45, 2.75) is 32.9 Å². The second-order valence-electron chi connectivity index (χ2n) is 7.22. The molecule has 0 saturated carbocycles. The molecule has 2 rings (SSSR count). The van der Waals surface area contributed by atoms with E-state index in [1.54, 1.807) is 26.0 Å². The molecule has 0 aliphatic heterocycles. The minimum absolute atomic E-state index is 0.0158. The molecule has 0 saturated heterocycles. The maximum Gasteiger partial charge on any atom is 0.244 e. The highest BCUT2D eigenvalue weighted by Gasteiger charge is 2.31. The predicted octanol–water partition coefficient (Wildman–Crippen LogP) is 3.19. The lowest BCUT2D eigenvalue weighted by Gasteiger charge is -2.32. The summed E-state index contributed by atoms with van der Waals surface area (Å²) in [5, 5.41) is 3.03. The van der Waals surface area contributed by atoms with Crippen LogP contribution in [0.1, 0.15) is 25.8 Å². The van der Waals surface area contributed by atoms with Gasteiger partial charge in [-0.25, -0.2) is 12.8 Å². The zero-order valence-corrected chi connectivity index (χ0v) is 19.8. The Kier molecular flexibility index (Phi) is 9.03. The molecule has 0 heterocycles. The van der Waals surface area contributed by atoms with Crippen LogP contribution in [-0.4, -0.2) is 50.5 Å². The van der Waals surface area contributed by atoms with Crippen LogP contribution in [0.2, 0.25) is 5.02 Å². The first-order valence-corrected chi connectivity index (χ1v) is 12.3. The Bertz CT molecular complexity index is 1050. The van der Waals surface area contributed by atoms with E-state index >= 15 is 0 Å². The topological polar surface area (TPSA) is 86.8 Å². The monoisotopic (exact) mass is 483 g/mol. The Morgan fingerprint density at radius 3 is 2.31 bits per heavy atom. The Morgan fingerprint density at radius 2 is 1.78 bits per heavy atom. The summed E-state index contributed by atoms with van der Waals surface area (Å²) in [6, 6.07) is 10.9. The lowest BCUT2D eigenvalue weighted by atomic mass is 10.1. The number of carbonyl (C=O) groups excluding carboxylic acids is 2. The molecular weight excluding hydrogens is 457 g/mol. The van der Waals surface area contributed by atoms with E-state index in [1.165, 1.54) is 41.3 Å². The van der Waals surface area contributed by atoms with Crippen molar-refractivity contribution < 1.29 is 22.4 Å². The fourth-order valence-electron chi connectivity index (χ4n) is 3.24. The molecule has 1 N–H and O–H groups in total. The third-order valence-electron chi connectivity index (χ3n) is 4.78. The van der Waals surface area contributed by atoms with Crippen LogP contribution < -0.4 is 9.62 Å². The van der Waals surface area contributed by atoms with Crippen LogP contribution in [0.25, 0.3) is 0 Å². The van der Waals surface area contributed by atoms with Gasteiger partial charge < -0.3 is 10.2 Å². The first-order valence-electron chi connectivity index (χ1n) is 10.1. The number of hydrogen-bond donors (Lipinski definition) is 1. The van der Waals surface area contributed by atoms with Gasteiger partial charge in [-0.15, -0.1) is 0 Å². The molecule has 2 amide bonds. The summed E-state index contributed by atoms with van der Waals surface area (Å²) in [6.45, 7) is 3.40. The number of amides is 2. The van der Waals surface area contributed by atoms with Crippen molar-refractivity contribution in [1.29, 1.82) is 0 Å². The van der Waals surface area contributed by atoms with Gasteiger partial charge in [-0.2, -0.15) is 0 Å². The molecule has 2 aromatic rings. The molecule has 0 aliphatic carbocycles. The zero-order chi connectivity index (χ0) is 23.9. The van der Waals surface area contributed by atoms with Crippen LogP contribution in [0.5, 0.6) is 0 Å². The fraction of sp³-hybridized carbons (Fsp3) is 0.364. The van der Waals surface area contributed by atoms with Crippen molar-refractivity contribution in [3.63, 3.8) is 0 Å². The van der Waals surface area contributed by atoms with Gasteiger partial charge in [0.05, 0.1) is 11.9 Å². The number of anilines is 1. The smallest absolute Gasteiger partial charge is 0.244 e. The van der Waals surface area contributed by atoms with Gasteiger partial charge in [0.25, 0.3) is 0 Å². The van der Waals surface area contributed by atoms with Gasteiger partial charge >= 0.3 is 0 Å². The second kappa shape index (κ2) is 11.3. The summed E-state index contributed by atoms with van der Waals surface area (Å²) >= 11 is 6.01. The maximum absolute atomic E-state index is 13.4. The average Bonchev–Trinajstić information content (AvgIpc) is 2.72. The maximum atomic E-state index is 13.4. The Balaban J connectivity index is 2.42. The zero-order valence-electron chi connectivity index (χ0n) is 18.2. The lowest BCUT2D eigenvalue weighted by molar-refractivity contribution is -0.140. The van der Waals surface area contributed by atoms with Gasteiger partial charge in [-0.05, 0) is 49.2 Å². The van der Waals surface area contributed by atoms with Crippen molar-refractivity contribution in [2.75, 3.05) is 23.7 Å². The molecule has 0 spiro atoms. The van der Waals surface area contributed by atoms with Crippen LogP contribution in [-0.2, 0) is 26.2 Å². The molecular formula is C22H27ClFN3O4S. The highest BCUT2D eigenvalue weighted by atomic mass is 35.5. The average molecular weight is 484 g/mol. The number of hydrogen-bond acceptors (Lipinski definition) is 4. The number of benzene rings is 2. The van der Waals surface area contributed by atoms with Crippen molar-refractivity contribution >= 4 is 39.1 Å². The quantitative estimate of drug-likeness (QED) is 0.562. The molecule has 10 heteroatoms. The van der Waals surface area contributed by atoms with Crippen LogP contribution in [0.15, 0.2) is 48.5 Å². The number of rotatable bonds is 10. The van der Waals surface area contributed by atoms with Gasteiger partial charge in [0.1, 0.15) is 18.4 Å². The van der Waals surface area contributed by atoms with E-state index in [9.17, 15) is 22.4 Å². The SMILES string of the molecule is CCNC(=O)[C@H](CC)N(Cc1ccc(F)cc1)C(=O)CN(c1cccc(Cl)c1)S(C)(=O)=O. The summed E-state index contributed by atoms with van der Waals surface area (Å²) in [7, 11) is -3.83. The Labute approximate surface area is 193 Å². The number of sulfonamides is 1. The Hall–Kier alpha value is -2.65. The van der Waals surface area contributed by atoms with Gasteiger partial charge in [-0.1, -0.05) is 36.7 Å². The van der Waals surface area contributed by atoms with E-state index in [0.29, 0.717) is 23.6 Å². The summed E-state index contributed by atoms with van der Waals surface area (Å²) in [5.74, 6) is -1.34. The van der Waals surface area contributed by atoms with Crippen molar-refractivity contribution in [2.24, 2.45) is 0 Å². The molecule has 0 aromatic heterocycles. The van der Waals surface area contributed by atoms with Gasteiger partial charge in [-0.3, -0.25) is 13.9 Å². The summed E-state index contributed by atoms with van der Waals surface area (Å²) in [5.41, 5.74) is 0.845. The van der Waals surface area contributed by atoms with E-state index in [4.69, 9.17) is 11.6 Å². The summed E-state index contributed by atoms with van der Waals surface area (Å²) in [6.07, 6.45) is 1.31. The standard InChI is InChI=1S/C22H27ClFN3O4S/c1-4-20(22(29)25-5-2)26(14-16-9-11-18(24)12-10-16)21(28)15-27(32(3,30)31)19-8-6-7-17(23)13-19/h6-13,20H,4-5,14-15H2,1-3H3,(H,25,29)/t20-/m0/s1. The molecule has 32 heavy (non-hydrogen) atoms. The number of nitrogens with one attached hydrogen (secondary N) is 1. The molecule has 0 bridgehead atoms. The van der Waals surface area contributed by atoms with Gasteiger partial charge in [0, 0.05) is 18.1 Å². The van der Waals surface area contributed by atoms with Crippen LogP contribution >= 0.6 is 11.6 Å². The third kappa shape index (κ3) is 6.93. The summed E-state index contributed by atoms with van der Waals surface area (Å²) in [4.78, 5) is 27.3. The van der Waals surface area contributed by atoms with Gasteiger partial charge in [0.2, 0.25) is 21.8 Å². The van der Waals surface area contributed by atoms with E-state index in [0.717, 1.165) is 10.6 Å². The fourth-order valence-corrected chi connectivity index (χ4v) is 4.27. The molecule has 0 unspecified atom stereocenters. The molecule has 0 radical (unpaired) electrons. The molecule has 7 nitrogen and oxygen atoms in total. The van der Waals surface area contributed by atoms with Gasteiger partial charge in [0.15, 0.2) is 0 Å². The highest BCUT2D eigenvalue weighted by molar-refractivity contribution is 7.92. The highest BCUT2D eigenvalue weighted by Crippen LogP contribution is 2.23. The first-order chi connectivity index (χ1) is 15.1. The number of nitrogens with zero attached hydrogens (tertiary/aromatic N) is 2. The van der Waals surface area contributed by atoms with Crippen molar-refractivity contribution in [1.82, 2.24) is 10.2 Å². The van der Waals surface area contributed by atoms with Crippen LogP contribution in [0, 0.1) is 5.82 Å². The second-order valence-corrected chi connectivity index (χ2v) is 9.56. The molecule has 1 atom stereocenters. The normalized spacial score (nSPS) is 12.2. The minimum Gasteiger partial charge on any atom is -0.355 e. The molecule has 2 aromatic carbocycles.